The van der Waals surface area contributed by atoms with Crippen LogP contribution in [0, 0.1) is 12.8 Å². The molecule has 0 spiro atoms. The van der Waals surface area contributed by atoms with Crippen molar-refractivity contribution in [3.63, 3.8) is 0 Å². The first-order valence-electron chi connectivity index (χ1n) is 6.22. The zero-order valence-corrected chi connectivity index (χ0v) is 10.9. The van der Waals surface area contributed by atoms with Crippen molar-refractivity contribution in [3.05, 3.63) is 29.3 Å². The Morgan fingerprint density at radius 1 is 1.56 bits per heavy atom. The van der Waals surface area contributed by atoms with Crippen LogP contribution in [0.5, 0.6) is 0 Å². The van der Waals surface area contributed by atoms with Crippen LogP contribution in [0.2, 0.25) is 0 Å². The van der Waals surface area contributed by atoms with Crippen LogP contribution in [0.4, 0.5) is 5.69 Å². The first kappa shape index (κ1) is 12.9. The lowest BCUT2D eigenvalue weighted by Crippen LogP contribution is -2.15. The molecule has 1 aromatic carbocycles. The summed E-state index contributed by atoms with van der Waals surface area (Å²) in [6, 6.07) is 5.63. The van der Waals surface area contributed by atoms with E-state index < -0.39 is 0 Å². The quantitative estimate of drug-likeness (QED) is 0.831. The highest BCUT2D eigenvalue weighted by Crippen LogP contribution is 2.21. The van der Waals surface area contributed by atoms with Crippen molar-refractivity contribution in [1.29, 1.82) is 0 Å². The summed E-state index contributed by atoms with van der Waals surface area (Å²) in [5, 5.41) is 3.39. The molecule has 1 N–H and O–H groups in total. The molecule has 0 saturated carbocycles. The van der Waals surface area contributed by atoms with Crippen molar-refractivity contribution in [1.82, 2.24) is 0 Å². The van der Waals surface area contributed by atoms with Crippen molar-refractivity contribution in [2.24, 2.45) is 5.92 Å². The third kappa shape index (κ3) is 2.82. The Hall–Kier alpha value is -1.55. The van der Waals surface area contributed by atoms with Crippen LogP contribution in [0.15, 0.2) is 18.2 Å². The van der Waals surface area contributed by atoms with E-state index >= 15 is 0 Å². The Bertz CT molecular complexity index is 425. The van der Waals surface area contributed by atoms with E-state index in [1.165, 1.54) is 7.11 Å². The van der Waals surface area contributed by atoms with E-state index in [0.717, 1.165) is 37.4 Å². The van der Waals surface area contributed by atoms with E-state index in [1.54, 1.807) is 6.07 Å². The maximum atomic E-state index is 11.6. The summed E-state index contributed by atoms with van der Waals surface area (Å²) in [6.45, 7) is 4.49. The van der Waals surface area contributed by atoms with E-state index in [0.29, 0.717) is 11.5 Å². The second kappa shape index (κ2) is 5.87. The second-order valence-corrected chi connectivity index (χ2v) is 4.58. The van der Waals surface area contributed by atoms with Crippen LogP contribution in [0.1, 0.15) is 22.3 Å². The van der Waals surface area contributed by atoms with Crippen molar-refractivity contribution < 1.29 is 14.3 Å². The lowest BCUT2D eigenvalue weighted by atomic mass is 10.1. The topological polar surface area (TPSA) is 47.6 Å². The molecule has 0 bridgehead atoms. The summed E-state index contributed by atoms with van der Waals surface area (Å²) in [5.74, 6) is 0.270. The van der Waals surface area contributed by atoms with Crippen LogP contribution in [0.25, 0.3) is 0 Å². The number of carbonyl (C=O) groups excluding carboxylic acids is 1. The Balaban J connectivity index is 2.05. The van der Waals surface area contributed by atoms with Gasteiger partial charge in [0, 0.05) is 24.8 Å². The van der Waals surface area contributed by atoms with Crippen LogP contribution in [-0.4, -0.2) is 32.8 Å². The number of anilines is 1. The number of hydrogen-bond donors (Lipinski definition) is 1. The van der Waals surface area contributed by atoms with Gasteiger partial charge in [-0.25, -0.2) is 4.79 Å². The Labute approximate surface area is 107 Å². The van der Waals surface area contributed by atoms with Gasteiger partial charge >= 0.3 is 5.97 Å². The summed E-state index contributed by atoms with van der Waals surface area (Å²) in [6.07, 6.45) is 1.10. The zero-order valence-electron chi connectivity index (χ0n) is 10.9. The minimum atomic E-state index is -0.291. The molecule has 1 heterocycles. The normalized spacial score (nSPS) is 18.7. The van der Waals surface area contributed by atoms with Crippen LogP contribution >= 0.6 is 0 Å². The van der Waals surface area contributed by atoms with Crippen LogP contribution in [-0.2, 0) is 9.47 Å². The van der Waals surface area contributed by atoms with Gasteiger partial charge in [-0.3, -0.25) is 0 Å². The molecule has 4 nitrogen and oxygen atoms in total. The SMILES string of the molecule is COC(=O)c1cccc(NCC2CCOC2)c1C. The summed E-state index contributed by atoms with van der Waals surface area (Å²) < 4.78 is 10.1. The molecule has 2 rings (SSSR count). The predicted molar refractivity (Wildman–Crippen MR) is 69.9 cm³/mol. The van der Waals surface area contributed by atoms with Gasteiger partial charge in [-0.15, -0.1) is 0 Å². The third-order valence-electron chi connectivity index (χ3n) is 3.34. The molecular formula is C14H19NO3. The highest BCUT2D eigenvalue weighted by Gasteiger charge is 2.16. The van der Waals surface area contributed by atoms with Crippen LogP contribution < -0.4 is 5.32 Å². The van der Waals surface area contributed by atoms with Crippen molar-refractivity contribution in [2.75, 3.05) is 32.2 Å². The number of benzene rings is 1. The fourth-order valence-electron chi connectivity index (χ4n) is 2.16. The van der Waals surface area contributed by atoms with Gasteiger partial charge < -0.3 is 14.8 Å². The van der Waals surface area contributed by atoms with Gasteiger partial charge in [0.05, 0.1) is 19.3 Å². The average molecular weight is 249 g/mol. The fraction of sp³-hybridized carbons (Fsp3) is 0.500. The molecule has 1 aromatic rings. The van der Waals surface area contributed by atoms with Gasteiger partial charge in [0.15, 0.2) is 0 Å². The molecule has 1 unspecified atom stereocenters. The molecule has 1 aliphatic heterocycles. The minimum absolute atomic E-state index is 0.291. The predicted octanol–water partition coefficient (Wildman–Crippen LogP) is 2.23. The molecule has 1 fully saturated rings. The van der Waals surface area contributed by atoms with Gasteiger partial charge in [-0.2, -0.15) is 0 Å². The second-order valence-electron chi connectivity index (χ2n) is 4.58. The molecule has 0 aliphatic carbocycles. The molecule has 0 radical (unpaired) electrons. The van der Waals surface area contributed by atoms with E-state index in [2.05, 4.69) is 5.32 Å². The first-order valence-corrected chi connectivity index (χ1v) is 6.22. The van der Waals surface area contributed by atoms with Crippen molar-refractivity contribution in [2.45, 2.75) is 13.3 Å². The number of methoxy groups -OCH3 is 1. The Morgan fingerprint density at radius 2 is 2.39 bits per heavy atom. The van der Waals surface area contributed by atoms with Crippen molar-refractivity contribution in [3.8, 4) is 0 Å². The van der Waals surface area contributed by atoms with Gasteiger partial charge in [0.2, 0.25) is 0 Å². The number of carbonyl (C=O) groups is 1. The summed E-state index contributed by atoms with van der Waals surface area (Å²) in [4.78, 5) is 11.6. The number of hydrogen-bond acceptors (Lipinski definition) is 4. The highest BCUT2D eigenvalue weighted by molar-refractivity contribution is 5.92. The van der Waals surface area contributed by atoms with Crippen LogP contribution in [0.3, 0.4) is 0 Å². The molecule has 98 valence electrons. The Kier molecular flexibility index (Phi) is 4.20. The fourth-order valence-corrected chi connectivity index (χ4v) is 2.16. The number of nitrogens with one attached hydrogen (secondary N) is 1. The van der Waals surface area contributed by atoms with Crippen molar-refractivity contribution >= 4 is 11.7 Å². The molecule has 0 aromatic heterocycles. The molecule has 1 aliphatic rings. The smallest absolute Gasteiger partial charge is 0.338 e. The number of ether oxygens (including phenoxy) is 2. The number of esters is 1. The van der Waals surface area contributed by atoms with Gasteiger partial charge in [0.25, 0.3) is 0 Å². The van der Waals surface area contributed by atoms with Gasteiger partial charge in [0.1, 0.15) is 0 Å². The molecule has 0 amide bonds. The Morgan fingerprint density at radius 3 is 3.06 bits per heavy atom. The lowest BCUT2D eigenvalue weighted by molar-refractivity contribution is 0.0600. The van der Waals surface area contributed by atoms with E-state index in [1.807, 2.05) is 19.1 Å². The average Bonchev–Trinajstić information content (AvgIpc) is 2.90. The van der Waals surface area contributed by atoms with E-state index in [4.69, 9.17) is 9.47 Å². The molecule has 1 saturated heterocycles. The molecule has 4 heteroatoms. The van der Waals surface area contributed by atoms with Gasteiger partial charge in [-0.1, -0.05) is 6.07 Å². The third-order valence-corrected chi connectivity index (χ3v) is 3.34. The zero-order chi connectivity index (χ0) is 13.0. The minimum Gasteiger partial charge on any atom is -0.465 e. The molecule has 18 heavy (non-hydrogen) atoms. The summed E-state index contributed by atoms with van der Waals surface area (Å²) in [7, 11) is 1.40. The van der Waals surface area contributed by atoms with Gasteiger partial charge in [-0.05, 0) is 31.0 Å². The van der Waals surface area contributed by atoms with E-state index in [-0.39, 0.29) is 5.97 Å². The molecular weight excluding hydrogens is 230 g/mol. The summed E-state index contributed by atoms with van der Waals surface area (Å²) >= 11 is 0. The first-order chi connectivity index (χ1) is 8.72. The number of rotatable bonds is 4. The summed E-state index contributed by atoms with van der Waals surface area (Å²) in [5.41, 5.74) is 2.54. The lowest BCUT2D eigenvalue weighted by Gasteiger charge is -2.14. The monoisotopic (exact) mass is 249 g/mol. The standard InChI is InChI=1S/C14H19NO3/c1-10-12(14(16)17-2)4-3-5-13(10)15-8-11-6-7-18-9-11/h3-5,11,15H,6-9H2,1-2H3. The maximum Gasteiger partial charge on any atom is 0.338 e. The highest BCUT2D eigenvalue weighted by atomic mass is 16.5. The largest absolute Gasteiger partial charge is 0.465 e. The molecule has 1 atom stereocenters. The maximum absolute atomic E-state index is 11.6. The van der Waals surface area contributed by atoms with E-state index in [9.17, 15) is 4.79 Å².